The number of aryl methyl sites for hydroxylation is 1. The quantitative estimate of drug-likeness (QED) is 0.360. The summed E-state index contributed by atoms with van der Waals surface area (Å²) in [6.07, 6.45) is 1.46. The monoisotopic (exact) mass is 420 g/mol. The second-order valence-electron chi connectivity index (χ2n) is 6.48. The first-order valence-corrected chi connectivity index (χ1v) is 10.4. The molecule has 0 saturated carbocycles. The maximum Gasteiger partial charge on any atom is 0.234 e. The lowest BCUT2D eigenvalue weighted by atomic mass is 10.2. The topological polar surface area (TPSA) is 94.8 Å². The van der Waals surface area contributed by atoms with Crippen molar-refractivity contribution in [2.75, 3.05) is 17.7 Å². The number of aromatic nitrogens is 5. The number of ether oxygens (including phenoxy) is 1. The molecule has 2 aromatic heterocycles. The fourth-order valence-corrected chi connectivity index (χ4v) is 3.56. The van der Waals surface area contributed by atoms with Crippen LogP contribution < -0.4 is 10.1 Å². The average molecular weight is 420 g/mol. The lowest BCUT2D eigenvalue weighted by Crippen LogP contribution is -2.14. The smallest absolute Gasteiger partial charge is 0.234 e. The molecular weight excluding hydrogens is 400 g/mol. The Bertz CT molecular complexity index is 1160. The minimum Gasteiger partial charge on any atom is -0.494 e. The molecule has 1 N–H and O–H groups in total. The third-order valence-electron chi connectivity index (χ3n) is 4.27. The number of hydrogen-bond donors (Lipinski definition) is 1. The molecule has 152 valence electrons. The predicted octanol–water partition coefficient (Wildman–Crippen LogP) is 3.65. The predicted molar refractivity (Wildman–Crippen MR) is 116 cm³/mol. The van der Waals surface area contributed by atoms with Crippen molar-refractivity contribution in [3.05, 3.63) is 60.4 Å². The van der Waals surface area contributed by atoms with Crippen LogP contribution in [0, 0.1) is 6.92 Å². The molecule has 0 aliphatic rings. The van der Waals surface area contributed by atoms with E-state index in [1.54, 1.807) is 4.68 Å². The van der Waals surface area contributed by atoms with Crippen molar-refractivity contribution in [1.82, 2.24) is 25.0 Å². The first kappa shape index (κ1) is 19.8. The largest absolute Gasteiger partial charge is 0.494 e. The Balaban J connectivity index is 1.45. The van der Waals surface area contributed by atoms with Gasteiger partial charge >= 0.3 is 0 Å². The molecule has 0 saturated heterocycles. The van der Waals surface area contributed by atoms with Crippen LogP contribution in [0.5, 0.6) is 5.75 Å². The second kappa shape index (κ2) is 8.91. The van der Waals surface area contributed by atoms with Gasteiger partial charge in [-0.05, 0) is 50.2 Å². The highest BCUT2D eigenvalue weighted by atomic mass is 32.2. The molecule has 0 bridgehead atoms. The Hall–Kier alpha value is -3.46. The lowest BCUT2D eigenvalue weighted by Gasteiger charge is -2.07. The summed E-state index contributed by atoms with van der Waals surface area (Å²) >= 11 is 1.30. The number of nitrogens with zero attached hydrogens (tertiary/aromatic N) is 5. The number of fused-ring (bicyclic) bond motifs is 1. The van der Waals surface area contributed by atoms with Crippen LogP contribution in [-0.2, 0) is 4.79 Å². The molecule has 0 aliphatic heterocycles. The van der Waals surface area contributed by atoms with Crippen molar-refractivity contribution in [2.24, 2.45) is 0 Å². The molecule has 0 atom stereocenters. The van der Waals surface area contributed by atoms with Gasteiger partial charge < -0.3 is 10.1 Å². The van der Waals surface area contributed by atoms with Crippen molar-refractivity contribution in [1.29, 1.82) is 0 Å². The van der Waals surface area contributed by atoms with Gasteiger partial charge in [-0.15, -0.1) is 5.10 Å². The van der Waals surface area contributed by atoms with Crippen molar-refractivity contribution in [2.45, 2.75) is 18.9 Å². The van der Waals surface area contributed by atoms with Gasteiger partial charge in [-0.1, -0.05) is 34.7 Å². The van der Waals surface area contributed by atoms with E-state index in [4.69, 9.17) is 4.74 Å². The summed E-state index contributed by atoms with van der Waals surface area (Å²) in [5.41, 5.74) is 3.90. The van der Waals surface area contributed by atoms with Crippen LogP contribution in [-0.4, -0.2) is 43.2 Å². The van der Waals surface area contributed by atoms with E-state index >= 15 is 0 Å². The summed E-state index contributed by atoms with van der Waals surface area (Å²) in [6.45, 7) is 4.55. The summed E-state index contributed by atoms with van der Waals surface area (Å²) in [6, 6.07) is 15.2. The molecule has 2 heterocycles. The van der Waals surface area contributed by atoms with E-state index in [0.29, 0.717) is 28.5 Å². The Morgan fingerprint density at radius 1 is 1.10 bits per heavy atom. The SMILES string of the molecule is CCOc1ccc(NC(=O)CSc2ncnc3c2nnn3-c2ccc(C)cc2)cc1. The first-order valence-electron chi connectivity index (χ1n) is 9.43. The maximum atomic E-state index is 12.3. The van der Waals surface area contributed by atoms with E-state index < -0.39 is 0 Å². The molecule has 4 rings (SSSR count). The van der Waals surface area contributed by atoms with Gasteiger partial charge in [0.2, 0.25) is 5.91 Å². The van der Waals surface area contributed by atoms with Crippen molar-refractivity contribution < 1.29 is 9.53 Å². The number of hydrogen-bond acceptors (Lipinski definition) is 7. The van der Waals surface area contributed by atoms with Crippen molar-refractivity contribution in [3.63, 3.8) is 0 Å². The zero-order valence-corrected chi connectivity index (χ0v) is 17.4. The molecule has 0 fully saturated rings. The van der Waals surface area contributed by atoms with E-state index in [2.05, 4.69) is 25.6 Å². The van der Waals surface area contributed by atoms with Gasteiger partial charge in [-0.25, -0.2) is 9.97 Å². The number of carbonyl (C=O) groups excluding carboxylic acids is 1. The highest BCUT2D eigenvalue weighted by molar-refractivity contribution is 8.00. The zero-order chi connectivity index (χ0) is 20.9. The number of thioether (sulfide) groups is 1. The molecule has 4 aromatic rings. The number of benzene rings is 2. The minimum absolute atomic E-state index is 0.137. The van der Waals surface area contributed by atoms with Crippen molar-refractivity contribution in [3.8, 4) is 11.4 Å². The standard InChI is InChI=1S/C21H20N6O2S/c1-3-29-17-10-6-15(7-11-17)24-18(28)12-30-21-19-20(22-13-23-21)27(26-25-19)16-8-4-14(2)5-9-16/h4-11,13H,3,12H2,1-2H3,(H,24,28). The average Bonchev–Trinajstić information content (AvgIpc) is 3.19. The van der Waals surface area contributed by atoms with Crippen LogP contribution >= 0.6 is 11.8 Å². The molecular formula is C21H20N6O2S. The second-order valence-corrected chi connectivity index (χ2v) is 7.45. The normalized spacial score (nSPS) is 10.9. The number of nitrogens with one attached hydrogen (secondary N) is 1. The number of anilines is 1. The molecule has 9 heteroatoms. The third kappa shape index (κ3) is 4.41. The van der Waals surface area contributed by atoms with E-state index in [0.717, 1.165) is 17.0 Å². The molecule has 2 aromatic carbocycles. The Morgan fingerprint density at radius 2 is 1.87 bits per heavy atom. The summed E-state index contributed by atoms with van der Waals surface area (Å²) in [5, 5.41) is 11.9. The van der Waals surface area contributed by atoms with Crippen LogP contribution in [0.1, 0.15) is 12.5 Å². The Morgan fingerprint density at radius 3 is 2.60 bits per heavy atom. The molecule has 0 aliphatic carbocycles. The molecule has 0 radical (unpaired) electrons. The van der Waals surface area contributed by atoms with Gasteiger partial charge in [0.15, 0.2) is 11.2 Å². The lowest BCUT2D eigenvalue weighted by molar-refractivity contribution is -0.113. The number of amides is 1. The fraction of sp³-hybridized carbons (Fsp3) is 0.190. The molecule has 30 heavy (non-hydrogen) atoms. The highest BCUT2D eigenvalue weighted by Crippen LogP contribution is 2.24. The summed E-state index contributed by atoms with van der Waals surface area (Å²) in [4.78, 5) is 20.9. The highest BCUT2D eigenvalue weighted by Gasteiger charge is 2.14. The van der Waals surface area contributed by atoms with Gasteiger partial charge in [0.1, 0.15) is 17.1 Å². The van der Waals surface area contributed by atoms with E-state index in [9.17, 15) is 4.79 Å². The minimum atomic E-state index is -0.137. The van der Waals surface area contributed by atoms with E-state index in [1.165, 1.54) is 18.1 Å². The summed E-state index contributed by atoms with van der Waals surface area (Å²) in [7, 11) is 0. The molecule has 0 unspecified atom stereocenters. The Labute approximate surface area is 177 Å². The van der Waals surface area contributed by atoms with Gasteiger partial charge in [0, 0.05) is 5.69 Å². The molecule has 1 amide bonds. The van der Waals surface area contributed by atoms with E-state index in [-0.39, 0.29) is 11.7 Å². The maximum absolute atomic E-state index is 12.3. The molecule has 0 spiro atoms. The van der Waals surface area contributed by atoms with E-state index in [1.807, 2.05) is 62.4 Å². The van der Waals surface area contributed by atoms with Gasteiger partial charge in [0.25, 0.3) is 0 Å². The van der Waals surface area contributed by atoms with Crippen LogP contribution in [0.2, 0.25) is 0 Å². The van der Waals surface area contributed by atoms with Crippen LogP contribution in [0.15, 0.2) is 59.9 Å². The van der Waals surface area contributed by atoms with Gasteiger partial charge in [-0.2, -0.15) is 4.68 Å². The number of rotatable bonds is 7. The van der Waals surface area contributed by atoms with Gasteiger partial charge in [-0.3, -0.25) is 4.79 Å². The third-order valence-corrected chi connectivity index (χ3v) is 5.25. The summed E-state index contributed by atoms with van der Waals surface area (Å²) in [5.74, 6) is 0.822. The first-order chi connectivity index (χ1) is 14.6. The summed E-state index contributed by atoms with van der Waals surface area (Å²) < 4.78 is 7.07. The zero-order valence-electron chi connectivity index (χ0n) is 16.6. The fourth-order valence-electron chi connectivity index (χ4n) is 2.83. The van der Waals surface area contributed by atoms with Crippen molar-refractivity contribution >= 4 is 34.5 Å². The molecule has 8 nitrogen and oxygen atoms in total. The number of carbonyl (C=O) groups is 1. The van der Waals surface area contributed by atoms with Crippen LogP contribution in [0.4, 0.5) is 5.69 Å². The van der Waals surface area contributed by atoms with Crippen LogP contribution in [0.25, 0.3) is 16.9 Å². The van der Waals surface area contributed by atoms with Crippen LogP contribution in [0.3, 0.4) is 0 Å². The van der Waals surface area contributed by atoms with Gasteiger partial charge in [0.05, 0.1) is 18.0 Å². The Kier molecular flexibility index (Phi) is 5.89.